The minimum absolute atomic E-state index is 0.0685. The standard InChI is InChI=1S/C14H16N2O5/c1-2-10-21-14(18)5-3-4-13(17)15-11-6-8-12(9-7-11)16(19)20/h1,6-9,16,19H,3-5,10H2,(H,15,17). The van der Waals surface area contributed by atoms with E-state index in [0.717, 1.165) is 0 Å². The van der Waals surface area contributed by atoms with E-state index >= 15 is 0 Å². The second-order valence-electron chi connectivity index (χ2n) is 4.15. The van der Waals surface area contributed by atoms with Gasteiger partial charge in [-0.15, -0.1) is 6.42 Å². The molecule has 0 bridgehead atoms. The van der Waals surface area contributed by atoms with Gasteiger partial charge in [0.25, 0.3) is 0 Å². The van der Waals surface area contributed by atoms with Crippen molar-refractivity contribution < 1.29 is 24.8 Å². The van der Waals surface area contributed by atoms with Gasteiger partial charge in [0, 0.05) is 30.7 Å². The molecule has 3 N–H and O–H groups in total. The maximum Gasteiger partial charge on any atom is 0.306 e. The summed E-state index contributed by atoms with van der Waals surface area (Å²) < 4.78 is 4.66. The molecule has 0 spiro atoms. The minimum atomic E-state index is -1.03. The van der Waals surface area contributed by atoms with E-state index in [1.54, 1.807) is 0 Å². The van der Waals surface area contributed by atoms with Crippen molar-refractivity contribution in [3.8, 4) is 12.3 Å². The summed E-state index contributed by atoms with van der Waals surface area (Å²) in [5.74, 6) is 1.48. The third-order valence-corrected chi connectivity index (χ3v) is 2.52. The molecule has 0 aromatic heterocycles. The summed E-state index contributed by atoms with van der Waals surface area (Å²) in [6.45, 7) is -0.0685. The fourth-order valence-corrected chi connectivity index (χ4v) is 1.51. The Balaban J connectivity index is 2.30. The monoisotopic (exact) mass is 292 g/mol. The molecule has 0 aliphatic heterocycles. The average molecular weight is 292 g/mol. The van der Waals surface area contributed by atoms with Crippen LogP contribution in [0.4, 0.5) is 11.4 Å². The van der Waals surface area contributed by atoms with E-state index in [2.05, 4.69) is 16.0 Å². The summed E-state index contributed by atoms with van der Waals surface area (Å²) in [7, 11) is 0. The highest BCUT2D eigenvalue weighted by atomic mass is 16.8. The fourth-order valence-electron chi connectivity index (χ4n) is 1.51. The van der Waals surface area contributed by atoms with E-state index in [9.17, 15) is 14.8 Å². The molecule has 7 nitrogen and oxygen atoms in total. The van der Waals surface area contributed by atoms with Crippen molar-refractivity contribution in [3.63, 3.8) is 0 Å². The molecule has 0 aliphatic carbocycles. The van der Waals surface area contributed by atoms with E-state index in [1.165, 1.54) is 24.3 Å². The third-order valence-electron chi connectivity index (χ3n) is 2.52. The zero-order valence-corrected chi connectivity index (χ0v) is 11.3. The Hall–Kier alpha value is -2.40. The summed E-state index contributed by atoms with van der Waals surface area (Å²) in [6, 6.07) is 5.80. The SMILES string of the molecule is C#CCOC(=O)CCCC(=O)Nc1ccc([NH+]([O-])O)cc1. The van der Waals surface area contributed by atoms with E-state index in [0.29, 0.717) is 12.1 Å². The van der Waals surface area contributed by atoms with Crippen LogP contribution in [0.1, 0.15) is 19.3 Å². The van der Waals surface area contributed by atoms with E-state index in [-0.39, 0.29) is 31.0 Å². The molecule has 0 saturated heterocycles. The zero-order valence-electron chi connectivity index (χ0n) is 11.3. The summed E-state index contributed by atoms with van der Waals surface area (Å²) in [5.41, 5.74) is 0.643. The number of quaternary nitrogens is 1. The molecule has 1 rings (SSSR count). The molecule has 1 amide bonds. The van der Waals surface area contributed by atoms with E-state index in [4.69, 9.17) is 11.6 Å². The molecule has 0 aliphatic rings. The molecule has 1 unspecified atom stereocenters. The van der Waals surface area contributed by atoms with Crippen molar-refractivity contribution in [1.29, 1.82) is 0 Å². The number of carbonyl (C=O) groups excluding carboxylic acids is 2. The maximum absolute atomic E-state index is 11.6. The van der Waals surface area contributed by atoms with Gasteiger partial charge in [-0.1, -0.05) is 5.92 Å². The number of benzene rings is 1. The van der Waals surface area contributed by atoms with Crippen LogP contribution in [0.2, 0.25) is 0 Å². The van der Waals surface area contributed by atoms with Gasteiger partial charge in [0.1, 0.15) is 0 Å². The quantitative estimate of drug-likeness (QED) is 0.383. The van der Waals surface area contributed by atoms with Crippen LogP contribution in [0.15, 0.2) is 24.3 Å². The van der Waals surface area contributed by atoms with Gasteiger partial charge in [-0.25, -0.2) is 5.21 Å². The maximum atomic E-state index is 11.6. The number of ether oxygens (including phenoxy) is 1. The fraction of sp³-hybridized carbons (Fsp3) is 0.286. The molecule has 112 valence electrons. The molecule has 1 aromatic carbocycles. The molecule has 0 heterocycles. The lowest BCUT2D eigenvalue weighted by atomic mass is 10.2. The smallest absolute Gasteiger partial charge is 0.306 e. The number of carbonyl (C=O) groups is 2. The van der Waals surface area contributed by atoms with Gasteiger partial charge < -0.3 is 15.3 Å². The summed E-state index contributed by atoms with van der Waals surface area (Å²) >= 11 is 0. The number of hydrogen-bond acceptors (Lipinski definition) is 5. The van der Waals surface area contributed by atoms with Gasteiger partial charge in [0.2, 0.25) is 5.91 Å². The second-order valence-corrected chi connectivity index (χ2v) is 4.15. The van der Waals surface area contributed by atoms with Crippen LogP contribution in [0.5, 0.6) is 0 Å². The Labute approximate surface area is 122 Å². The first kappa shape index (κ1) is 16.7. The highest BCUT2D eigenvalue weighted by Gasteiger charge is 2.07. The largest absolute Gasteiger partial charge is 0.595 e. The Morgan fingerprint density at radius 2 is 2.00 bits per heavy atom. The van der Waals surface area contributed by atoms with Gasteiger partial charge in [0.05, 0.1) is 0 Å². The highest BCUT2D eigenvalue weighted by molar-refractivity contribution is 5.91. The van der Waals surface area contributed by atoms with Crippen molar-refractivity contribution in [3.05, 3.63) is 29.5 Å². The lowest BCUT2D eigenvalue weighted by Crippen LogP contribution is -2.99. The van der Waals surface area contributed by atoms with Gasteiger partial charge in [0.15, 0.2) is 12.3 Å². The molecule has 0 saturated carbocycles. The van der Waals surface area contributed by atoms with Crippen molar-refractivity contribution in [1.82, 2.24) is 0 Å². The molecular weight excluding hydrogens is 276 g/mol. The molecule has 21 heavy (non-hydrogen) atoms. The lowest BCUT2D eigenvalue weighted by Gasteiger charge is -2.11. The van der Waals surface area contributed by atoms with Crippen LogP contribution in [-0.2, 0) is 14.3 Å². The molecule has 1 aromatic rings. The molecule has 0 fully saturated rings. The number of nitrogens with one attached hydrogen (secondary N) is 2. The number of terminal acetylenes is 1. The normalized spacial score (nSPS) is 11.3. The van der Waals surface area contributed by atoms with Crippen molar-refractivity contribution in [2.75, 3.05) is 11.9 Å². The van der Waals surface area contributed by atoms with Gasteiger partial charge >= 0.3 is 5.97 Å². The van der Waals surface area contributed by atoms with Crippen LogP contribution in [0.3, 0.4) is 0 Å². The second kappa shape index (κ2) is 8.71. The molecular formula is C14H16N2O5. The molecule has 1 atom stereocenters. The predicted octanol–water partition coefficient (Wildman–Crippen LogP) is 0.375. The lowest BCUT2D eigenvalue weighted by molar-refractivity contribution is -0.991. The first-order valence-corrected chi connectivity index (χ1v) is 6.25. The van der Waals surface area contributed by atoms with Crippen LogP contribution < -0.4 is 10.5 Å². The predicted molar refractivity (Wildman–Crippen MR) is 74.5 cm³/mol. The van der Waals surface area contributed by atoms with Crippen molar-refractivity contribution in [2.24, 2.45) is 0 Å². The first-order chi connectivity index (χ1) is 10.0. The van der Waals surface area contributed by atoms with E-state index < -0.39 is 11.2 Å². The average Bonchev–Trinajstić information content (AvgIpc) is 2.45. The topological polar surface area (TPSA) is 103 Å². The Morgan fingerprint density at radius 3 is 2.57 bits per heavy atom. The van der Waals surface area contributed by atoms with Crippen LogP contribution in [0, 0.1) is 17.6 Å². The highest BCUT2D eigenvalue weighted by Crippen LogP contribution is 2.11. The molecule has 7 heteroatoms. The number of amides is 1. The third kappa shape index (κ3) is 6.54. The van der Waals surface area contributed by atoms with Crippen LogP contribution in [-0.4, -0.2) is 23.7 Å². The van der Waals surface area contributed by atoms with Crippen molar-refractivity contribution in [2.45, 2.75) is 19.3 Å². The molecule has 0 radical (unpaired) electrons. The van der Waals surface area contributed by atoms with Gasteiger partial charge in [-0.05, 0) is 18.6 Å². The van der Waals surface area contributed by atoms with Crippen molar-refractivity contribution >= 4 is 23.3 Å². The number of esters is 1. The minimum Gasteiger partial charge on any atom is -0.595 e. The summed E-state index contributed by atoms with van der Waals surface area (Å²) in [5, 5.41) is 21.0. The van der Waals surface area contributed by atoms with Gasteiger partial charge in [-0.3, -0.25) is 9.59 Å². The van der Waals surface area contributed by atoms with Gasteiger partial charge in [-0.2, -0.15) is 5.23 Å². The zero-order chi connectivity index (χ0) is 15.7. The Kier molecular flexibility index (Phi) is 6.91. The summed E-state index contributed by atoms with van der Waals surface area (Å²) in [6.07, 6.45) is 5.57. The number of anilines is 1. The summed E-state index contributed by atoms with van der Waals surface area (Å²) in [4.78, 5) is 22.8. The number of rotatable bonds is 7. The Bertz CT molecular complexity index is 519. The van der Waals surface area contributed by atoms with E-state index in [1.807, 2.05) is 0 Å². The number of hydrogen-bond donors (Lipinski definition) is 3. The Morgan fingerprint density at radius 1 is 1.33 bits per heavy atom. The van der Waals surface area contributed by atoms with Crippen LogP contribution in [0.25, 0.3) is 0 Å². The van der Waals surface area contributed by atoms with Crippen LogP contribution >= 0.6 is 0 Å². The first-order valence-electron chi connectivity index (χ1n) is 6.25.